The standard InChI is InChI=1S/C10H4F18O/c11-3(12,7(19,20)21)1-5(15,16)9(25,26)29-10(27,28)6(17,18)2-4(13,14)8(22,23)24/h1-2H2. The van der Waals surface area contributed by atoms with Crippen molar-refractivity contribution in [1.29, 1.82) is 0 Å². The van der Waals surface area contributed by atoms with Gasteiger partial charge in [-0.05, 0) is 0 Å². The average molecular weight is 482 g/mol. The molecule has 0 bridgehead atoms. The topological polar surface area (TPSA) is 9.23 Å². The molecule has 0 amide bonds. The first-order valence-electron chi connectivity index (χ1n) is 6.22. The zero-order valence-electron chi connectivity index (χ0n) is 12.6. The zero-order valence-corrected chi connectivity index (χ0v) is 12.6. The van der Waals surface area contributed by atoms with Crippen molar-refractivity contribution in [3.8, 4) is 0 Å². The van der Waals surface area contributed by atoms with E-state index in [-0.39, 0.29) is 0 Å². The molecule has 0 aromatic rings. The van der Waals surface area contributed by atoms with Crippen LogP contribution in [0.25, 0.3) is 0 Å². The van der Waals surface area contributed by atoms with Crippen LogP contribution in [0.15, 0.2) is 0 Å². The number of halogens is 18. The van der Waals surface area contributed by atoms with Crippen molar-refractivity contribution in [3.05, 3.63) is 0 Å². The predicted molar refractivity (Wildman–Crippen MR) is 52.1 cm³/mol. The van der Waals surface area contributed by atoms with Gasteiger partial charge in [0.2, 0.25) is 0 Å². The van der Waals surface area contributed by atoms with Gasteiger partial charge < -0.3 is 0 Å². The molecular weight excluding hydrogens is 478 g/mol. The SMILES string of the molecule is FC(F)(F)C(F)(F)CC(F)(F)C(F)(F)OC(F)(F)C(F)(F)CC(F)(F)C(F)(F)F. The summed E-state index contributed by atoms with van der Waals surface area (Å²) in [6, 6.07) is 0. The van der Waals surface area contributed by atoms with Crippen LogP contribution in [0.3, 0.4) is 0 Å². The molecule has 0 aliphatic carbocycles. The number of rotatable bonds is 8. The molecule has 0 spiro atoms. The first kappa shape index (κ1) is 27.7. The largest absolute Gasteiger partial charge is 0.453 e. The van der Waals surface area contributed by atoms with Crippen LogP contribution in [-0.4, -0.2) is 48.3 Å². The number of alkyl halides is 18. The van der Waals surface area contributed by atoms with Crippen molar-refractivity contribution >= 4 is 0 Å². The summed E-state index contributed by atoms with van der Waals surface area (Å²) in [5.74, 6) is -27.4. The summed E-state index contributed by atoms with van der Waals surface area (Å²) >= 11 is 0. The van der Waals surface area contributed by atoms with Crippen LogP contribution < -0.4 is 0 Å². The Hall–Kier alpha value is -1.30. The molecule has 0 aliphatic rings. The highest BCUT2D eigenvalue weighted by atomic mass is 19.4. The van der Waals surface area contributed by atoms with Gasteiger partial charge in [-0.15, -0.1) is 0 Å². The highest BCUT2D eigenvalue weighted by molar-refractivity contribution is 4.92. The highest BCUT2D eigenvalue weighted by Crippen LogP contribution is 2.53. The molecule has 0 atom stereocenters. The summed E-state index contributed by atoms with van der Waals surface area (Å²) < 4.78 is 225. The van der Waals surface area contributed by atoms with E-state index >= 15 is 0 Å². The summed E-state index contributed by atoms with van der Waals surface area (Å²) in [5.41, 5.74) is 0. The van der Waals surface area contributed by atoms with E-state index in [1.807, 2.05) is 0 Å². The minimum absolute atomic E-state index is 1.50. The molecule has 0 aromatic heterocycles. The van der Waals surface area contributed by atoms with E-state index in [0.717, 1.165) is 0 Å². The van der Waals surface area contributed by atoms with E-state index in [4.69, 9.17) is 0 Å². The second-order valence-corrected chi connectivity index (χ2v) is 5.30. The lowest BCUT2D eigenvalue weighted by Gasteiger charge is -2.35. The minimum Gasteiger partial charge on any atom is -0.246 e. The summed E-state index contributed by atoms with van der Waals surface area (Å²) in [4.78, 5) is 0. The first-order chi connectivity index (χ1) is 12.1. The summed E-state index contributed by atoms with van der Waals surface area (Å²) in [5, 5.41) is 0. The molecule has 0 fully saturated rings. The van der Waals surface area contributed by atoms with Gasteiger partial charge in [0.05, 0.1) is 12.8 Å². The van der Waals surface area contributed by atoms with Crippen LogP contribution in [-0.2, 0) is 4.74 Å². The van der Waals surface area contributed by atoms with Gasteiger partial charge in [0.15, 0.2) is 0 Å². The lowest BCUT2D eigenvalue weighted by atomic mass is 10.1. The smallest absolute Gasteiger partial charge is 0.246 e. The fraction of sp³-hybridized carbons (Fsp3) is 1.00. The Morgan fingerprint density at radius 2 is 0.552 bits per heavy atom. The fourth-order valence-corrected chi connectivity index (χ4v) is 1.27. The monoisotopic (exact) mass is 482 g/mol. The van der Waals surface area contributed by atoms with E-state index in [1.54, 1.807) is 0 Å². The molecule has 29 heavy (non-hydrogen) atoms. The van der Waals surface area contributed by atoms with Gasteiger partial charge >= 0.3 is 48.3 Å². The van der Waals surface area contributed by atoms with E-state index in [0.29, 0.717) is 0 Å². The van der Waals surface area contributed by atoms with Crippen LogP contribution in [0.5, 0.6) is 0 Å². The third kappa shape index (κ3) is 5.87. The Labute approximate surface area is 146 Å². The Bertz CT molecular complexity index is 518. The molecule has 176 valence electrons. The summed E-state index contributed by atoms with van der Waals surface area (Å²) in [6.45, 7) is 0. The molecule has 0 aliphatic heterocycles. The van der Waals surface area contributed by atoms with Crippen LogP contribution in [0.1, 0.15) is 12.8 Å². The van der Waals surface area contributed by atoms with Crippen molar-refractivity contribution in [1.82, 2.24) is 0 Å². The van der Waals surface area contributed by atoms with E-state index < -0.39 is 61.1 Å². The molecule has 0 unspecified atom stereocenters. The van der Waals surface area contributed by atoms with Gasteiger partial charge in [-0.1, -0.05) is 0 Å². The van der Waals surface area contributed by atoms with E-state index in [9.17, 15) is 79.0 Å². The lowest BCUT2D eigenvalue weighted by Crippen LogP contribution is -2.57. The molecule has 0 N–H and O–H groups in total. The summed E-state index contributed by atoms with van der Waals surface area (Å²) in [6.07, 6.45) is -37.2. The molecule has 0 aromatic carbocycles. The van der Waals surface area contributed by atoms with Crippen LogP contribution >= 0.6 is 0 Å². The Kier molecular flexibility index (Phi) is 6.82. The van der Waals surface area contributed by atoms with Crippen LogP contribution in [0.2, 0.25) is 0 Å². The molecule has 0 heterocycles. The molecule has 0 saturated heterocycles. The fourth-order valence-electron chi connectivity index (χ4n) is 1.27. The third-order valence-electron chi connectivity index (χ3n) is 2.83. The average Bonchev–Trinajstić information content (AvgIpc) is 2.30. The Morgan fingerprint density at radius 1 is 0.345 bits per heavy atom. The predicted octanol–water partition coefficient (Wildman–Crippen LogP) is 6.63. The molecule has 0 rings (SSSR count). The molecule has 1 nitrogen and oxygen atoms in total. The molecule has 0 radical (unpaired) electrons. The Morgan fingerprint density at radius 3 is 0.724 bits per heavy atom. The van der Waals surface area contributed by atoms with Crippen molar-refractivity contribution < 1.29 is 83.8 Å². The van der Waals surface area contributed by atoms with Crippen LogP contribution in [0, 0.1) is 0 Å². The second kappa shape index (κ2) is 7.14. The maximum atomic E-state index is 12.9. The maximum Gasteiger partial charge on any atom is 0.453 e. The minimum atomic E-state index is -7.30. The quantitative estimate of drug-likeness (QED) is 0.353. The van der Waals surface area contributed by atoms with Crippen molar-refractivity contribution in [2.24, 2.45) is 0 Å². The van der Waals surface area contributed by atoms with Crippen molar-refractivity contribution in [3.63, 3.8) is 0 Å². The number of hydrogen-bond donors (Lipinski definition) is 0. The summed E-state index contributed by atoms with van der Waals surface area (Å²) in [7, 11) is 0. The number of ether oxygens (including phenoxy) is 1. The van der Waals surface area contributed by atoms with Crippen molar-refractivity contribution in [2.75, 3.05) is 0 Å². The van der Waals surface area contributed by atoms with E-state index in [2.05, 4.69) is 0 Å². The zero-order chi connectivity index (χ0) is 24.1. The van der Waals surface area contributed by atoms with Gasteiger partial charge in [0.1, 0.15) is 0 Å². The van der Waals surface area contributed by atoms with Gasteiger partial charge in [-0.3, -0.25) is 0 Å². The number of hydrogen-bond acceptors (Lipinski definition) is 1. The van der Waals surface area contributed by atoms with Gasteiger partial charge in [0, 0.05) is 0 Å². The van der Waals surface area contributed by atoms with Crippen molar-refractivity contribution in [2.45, 2.75) is 61.1 Å². The highest BCUT2D eigenvalue weighted by Gasteiger charge is 2.75. The third-order valence-corrected chi connectivity index (χ3v) is 2.83. The first-order valence-corrected chi connectivity index (χ1v) is 6.22. The molecule has 19 heteroatoms. The maximum absolute atomic E-state index is 12.9. The van der Waals surface area contributed by atoms with Crippen LogP contribution in [0.4, 0.5) is 79.0 Å². The Balaban J connectivity index is 5.78. The molecular formula is C10H4F18O. The molecule has 0 saturated carbocycles. The lowest BCUT2D eigenvalue weighted by molar-refractivity contribution is -0.478. The van der Waals surface area contributed by atoms with Gasteiger partial charge in [0.25, 0.3) is 0 Å². The normalized spacial score (nSPS) is 16.3. The second-order valence-electron chi connectivity index (χ2n) is 5.30. The van der Waals surface area contributed by atoms with E-state index in [1.165, 1.54) is 4.74 Å². The van der Waals surface area contributed by atoms with Gasteiger partial charge in [-0.25, -0.2) is 4.74 Å². The van der Waals surface area contributed by atoms with Gasteiger partial charge in [-0.2, -0.15) is 79.0 Å².